The Morgan fingerprint density at radius 3 is 2.74 bits per heavy atom. The normalized spacial score (nSPS) is 19.3. The minimum Gasteiger partial charge on any atom is -0.308 e. The smallest absolute Gasteiger partial charge is 0.244 e. The van der Waals surface area contributed by atoms with E-state index >= 15 is 0 Å². The highest BCUT2D eigenvalue weighted by Gasteiger charge is 2.34. The Morgan fingerprint density at radius 2 is 2.05 bits per heavy atom. The monoisotopic (exact) mass is 272 g/mol. The van der Waals surface area contributed by atoms with Gasteiger partial charge in [-0.25, -0.2) is 13.2 Å². The van der Waals surface area contributed by atoms with E-state index in [1.165, 1.54) is 0 Å². The Morgan fingerprint density at radius 1 is 1.32 bits per heavy atom. The molecule has 1 N–H and O–H groups in total. The standard InChI is InChI=1S/C13H15F3N2O/c1-2-6-17-9-5-7-18(13(9)19)10-4-3-8(14)11(15)12(10)16/h3-4,9,17H,2,5-7H2,1H3. The molecule has 2 rings (SSSR count). The average molecular weight is 272 g/mol. The van der Waals surface area contributed by atoms with E-state index in [1.807, 2.05) is 6.92 Å². The van der Waals surface area contributed by atoms with Crippen LogP contribution in [0.2, 0.25) is 0 Å². The van der Waals surface area contributed by atoms with Gasteiger partial charge in [0.15, 0.2) is 17.5 Å². The second-order valence-corrected chi connectivity index (χ2v) is 4.48. The average Bonchev–Trinajstić information content (AvgIpc) is 2.75. The largest absolute Gasteiger partial charge is 0.308 e. The summed E-state index contributed by atoms with van der Waals surface area (Å²) >= 11 is 0. The van der Waals surface area contributed by atoms with Gasteiger partial charge in [0.05, 0.1) is 11.7 Å². The molecule has 6 heteroatoms. The molecule has 1 unspecified atom stereocenters. The van der Waals surface area contributed by atoms with E-state index in [9.17, 15) is 18.0 Å². The van der Waals surface area contributed by atoms with Crippen molar-refractivity contribution in [2.75, 3.05) is 18.0 Å². The van der Waals surface area contributed by atoms with Crippen LogP contribution in [0.15, 0.2) is 12.1 Å². The topological polar surface area (TPSA) is 32.3 Å². The molecule has 1 aromatic rings. The van der Waals surface area contributed by atoms with Crippen LogP contribution in [0.5, 0.6) is 0 Å². The van der Waals surface area contributed by atoms with Gasteiger partial charge in [-0.1, -0.05) is 6.92 Å². The first-order valence-electron chi connectivity index (χ1n) is 6.24. The molecule has 3 nitrogen and oxygen atoms in total. The lowest BCUT2D eigenvalue weighted by Crippen LogP contribution is -2.39. The third-order valence-electron chi connectivity index (χ3n) is 3.15. The van der Waals surface area contributed by atoms with Crippen molar-refractivity contribution in [1.82, 2.24) is 5.32 Å². The number of hydrogen-bond acceptors (Lipinski definition) is 2. The maximum Gasteiger partial charge on any atom is 0.244 e. The van der Waals surface area contributed by atoms with E-state index in [1.54, 1.807) is 0 Å². The molecule has 0 bridgehead atoms. The Bertz CT molecular complexity index is 493. The van der Waals surface area contributed by atoms with Crippen LogP contribution in [0.4, 0.5) is 18.9 Å². The quantitative estimate of drug-likeness (QED) is 0.852. The predicted molar refractivity (Wildman–Crippen MR) is 65.4 cm³/mol. The summed E-state index contributed by atoms with van der Waals surface area (Å²) in [4.78, 5) is 13.2. The van der Waals surface area contributed by atoms with E-state index in [0.717, 1.165) is 23.5 Å². The highest BCUT2D eigenvalue weighted by molar-refractivity contribution is 5.99. The molecule has 104 valence electrons. The van der Waals surface area contributed by atoms with Gasteiger partial charge in [0.2, 0.25) is 5.91 Å². The lowest BCUT2D eigenvalue weighted by atomic mass is 10.2. The molecule has 0 radical (unpaired) electrons. The van der Waals surface area contributed by atoms with Gasteiger partial charge in [0.25, 0.3) is 0 Å². The zero-order chi connectivity index (χ0) is 14.0. The number of nitrogens with one attached hydrogen (secondary N) is 1. The second-order valence-electron chi connectivity index (χ2n) is 4.48. The van der Waals surface area contributed by atoms with E-state index < -0.39 is 17.5 Å². The molecule has 1 aromatic carbocycles. The number of benzene rings is 1. The Labute approximate surface area is 109 Å². The van der Waals surface area contributed by atoms with Crippen LogP contribution in [-0.2, 0) is 4.79 Å². The molecule has 0 aliphatic carbocycles. The van der Waals surface area contributed by atoms with Gasteiger partial charge in [0, 0.05) is 6.54 Å². The molecule has 1 aliphatic rings. The summed E-state index contributed by atoms with van der Waals surface area (Å²) in [6, 6.07) is 1.54. The zero-order valence-corrected chi connectivity index (χ0v) is 10.5. The minimum atomic E-state index is -1.55. The summed E-state index contributed by atoms with van der Waals surface area (Å²) in [5.74, 6) is -4.42. The number of anilines is 1. The van der Waals surface area contributed by atoms with Crippen LogP contribution in [0, 0.1) is 17.5 Å². The van der Waals surface area contributed by atoms with Crippen LogP contribution >= 0.6 is 0 Å². The number of amides is 1. The summed E-state index contributed by atoms with van der Waals surface area (Å²) in [6.07, 6.45) is 1.40. The summed E-state index contributed by atoms with van der Waals surface area (Å²) < 4.78 is 39.7. The summed E-state index contributed by atoms with van der Waals surface area (Å²) in [6.45, 7) is 2.95. The lowest BCUT2D eigenvalue weighted by molar-refractivity contribution is -0.118. The first-order chi connectivity index (χ1) is 9.06. The zero-order valence-electron chi connectivity index (χ0n) is 10.5. The third-order valence-corrected chi connectivity index (χ3v) is 3.15. The van der Waals surface area contributed by atoms with Gasteiger partial charge in [-0.2, -0.15) is 0 Å². The van der Waals surface area contributed by atoms with E-state index in [4.69, 9.17) is 0 Å². The molecule has 0 saturated carbocycles. The number of rotatable bonds is 4. The van der Waals surface area contributed by atoms with Crippen molar-refractivity contribution in [3.8, 4) is 0 Å². The molecule has 1 aliphatic heterocycles. The highest BCUT2D eigenvalue weighted by Crippen LogP contribution is 2.27. The molecular weight excluding hydrogens is 257 g/mol. The Hall–Kier alpha value is -1.56. The molecule has 1 atom stereocenters. The molecule has 0 spiro atoms. The van der Waals surface area contributed by atoms with Crippen LogP contribution in [0.3, 0.4) is 0 Å². The summed E-state index contributed by atoms with van der Waals surface area (Å²) in [7, 11) is 0. The molecule has 0 aromatic heterocycles. The van der Waals surface area contributed by atoms with Crippen LogP contribution in [0.25, 0.3) is 0 Å². The van der Waals surface area contributed by atoms with Gasteiger partial charge in [-0.15, -0.1) is 0 Å². The van der Waals surface area contributed by atoms with E-state index in [2.05, 4.69) is 5.32 Å². The minimum absolute atomic E-state index is 0.204. The molecule has 1 fully saturated rings. The second kappa shape index (κ2) is 5.61. The van der Waals surface area contributed by atoms with Crippen molar-refractivity contribution in [3.05, 3.63) is 29.6 Å². The maximum absolute atomic E-state index is 13.6. The van der Waals surface area contributed by atoms with Gasteiger partial charge in [-0.3, -0.25) is 4.79 Å². The first kappa shape index (κ1) is 13.9. The van der Waals surface area contributed by atoms with Gasteiger partial charge in [0.1, 0.15) is 0 Å². The fourth-order valence-electron chi connectivity index (χ4n) is 2.15. The van der Waals surface area contributed by atoms with Crippen molar-refractivity contribution < 1.29 is 18.0 Å². The van der Waals surface area contributed by atoms with Crippen molar-refractivity contribution in [2.24, 2.45) is 0 Å². The Balaban J connectivity index is 2.20. The molecular formula is C13H15F3N2O. The van der Waals surface area contributed by atoms with Crippen LogP contribution in [0.1, 0.15) is 19.8 Å². The fraction of sp³-hybridized carbons (Fsp3) is 0.462. The summed E-state index contributed by atoms with van der Waals surface area (Å²) in [5, 5.41) is 3.04. The number of halogens is 3. The van der Waals surface area contributed by atoms with Crippen molar-refractivity contribution in [2.45, 2.75) is 25.8 Å². The molecule has 19 heavy (non-hydrogen) atoms. The lowest BCUT2D eigenvalue weighted by Gasteiger charge is -2.18. The molecule has 1 heterocycles. The maximum atomic E-state index is 13.6. The molecule has 1 amide bonds. The van der Waals surface area contributed by atoms with E-state index in [-0.39, 0.29) is 17.6 Å². The number of carbonyl (C=O) groups is 1. The number of nitrogens with zero attached hydrogens (tertiary/aromatic N) is 1. The fourth-order valence-corrected chi connectivity index (χ4v) is 2.15. The van der Waals surface area contributed by atoms with Gasteiger partial charge >= 0.3 is 0 Å². The van der Waals surface area contributed by atoms with E-state index in [0.29, 0.717) is 19.5 Å². The summed E-state index contributed by atoms with van der Waals surface area (Å²) in [5.41, 5.74) is -0.204. The Kier molecular flexibility index (Phi) is 4.09. The van der Waals surface area contributed by atoms with Gasteiger partial charge < -0.3 is 10.2 Å². The van der Waals surface area contributed by atoms with Crippen LogP contribution < -0.4 is 10.2 Å². The first-order valence-corrected chi connectivity index (χ1v) is 6.24. The number of carbonyl (C=O) groups excluding carboxylic acids is 1. The van der Waals surface area contributed by atoms with Crippen molar-refractivity contribution in [3.63, 3.8) is 0 Å². The van der Waals surface area contributed by atoms with Crippen LogP contribution in [-0.4, -0.2) is 25.0 Å². The third kappa shape index (κ3) is 2.58. The number of hydrogen-bond donors (Lipinski definition) is 1. The highest BCUT2D eigenvalue weighted by atomic mass is 19.2. The van der Waals surface area contributed by atoms with Crippen molar-refractivity contribution in [1.29, 1.82) is 0 Å². The SMILES string of the molecule is CCCNC1CCN(c2ccc(F)c(F)c2F)C1=O. The van der Waals surface area contributed by atoms with Crippen molar-refractivity contribution >= 4 is 11.6 Å². The van der Waals surface area contributed by atoms with Gasteiger partial charge in [-0.05, 0) is 31.5 Å². The predicted octanol–water partition coefficient (Wildman–Crippen LogP) is 2.21. The molecule has 1 saturated heterocycles.